The van der Waals surface area contributed by atoms with Crippen molar-refractivity contribution in [3.05, 3.63) is 36.6 Å². The number of allylic oxidation sites excluding steroid dienone is 5. The second-order valence-electron chi connectivity index (χ2n) is 1.89. The zero-order valence-electron chi connectivity index (χ0n) is 6.33. The van der Waals surface area contributed by atoms with Gasteiger partial charge in [0.2, 0.25) is 0 Å². The molecule has 10 heavy (non-hydrogen) atoms. The first-order valence-electron chi connectivity index (χ1n) is 3.52. The van der Waals surface area contributed by atoms with E-state index in [1.165, 1.54) is 0 Å². The lowest BCUT2D eigenvalue weighted by atomic mass is 10.3. The molecule has 0 aromatic carbocycles. The molecule has 56 valence electrons. The van der Waals surface area contributed by atoms with Crippen LogP contribution in [0.4, 0.5) is 0 Å². The quantitative estimate of drug-likeness (QED) is 0.467. The highest BCUT2D eigenvalue weighted by atomic mass is 16.2. The van der Waals surface area contributed by atoms with Crippen LogP contribution in [0, 0.1) is 0 Å². The van der Waals surface area contributed by atoms with Gasteiger partial charge in [0.1, 0.15) is 0 Å². The highest BCUT2D eigenvalue weighted by Gasteiger charge is 1.66. The van der Waals surface area contributed by atoms with E-state index in [4.69, 9.17) is 5.11 Å². The lowest BCUT2D eigenvalue weighted by Gasteiger charge is -1.77. The van der Waals surface area contributed by atoms with Crippen molar-refractivity contribution < 1.29 is 5.11 Å². The Morgan fingerprint density at radius 1 is 1.10 bits per heavy atom. The Morgan fingerprint density at radius 2 is 1.80 bits per heavy atom. The number of aliphatic hydroxyl groups is 1. The van der Waals surface area contributed by atoms with E-state index < -0.39 is 0 Å². The molecule has 0 unspecified atom stereocenters. The van der Waals surface area contributed by atoms with Gasteiger partial charge in [0.15, 0.2) is 0 Å². The van der Waals surface area contributed by atoms with Gasteiger partial charge in [0, 0.05) is 0 Å². The first kappa shape index (κ1) is 9.02. The maximum absolute atomic E-state index is 8.24. The molecule has 0 radical (unpaired) electrons. The molecule has 0 aliphatic rings. The summed E-state index contributed by atoms with van der Waals surface area (Å²) in [5, 5.41) is 8.24. The zero-order chi connectivity index (χ0) is 7.66. The Hall–Kier alpha value is -0.980. The van der Waals surface area contributed by atoms with E-state index >= 15 is 0 Å². The predicted octanol–water partition coefficient (Wildman–Crippen LogP) is 2.97. The van der Waals surface area contributed by atoms with Crippen LogP contribution in [0.2, 0.25) is 0 Å². The monoisotopic (exact) mass is 138 g/mol. The Balaban J connectivity index is 3.28. The molecule has 0 heterocycles. The van der Waals surface area contributed by atoms with Crippen molar-refractivity contribution >= 4 is 0 Å². The van der Waals surface area contributed by atoms with Crippen LogP contribution in [0.15, 0.2) is 36.6 Å². The van der Waals surface area contributed by atoms with Gasteiger partial charge in [-0.1, -0.05) is 31.2 Å². The Kier molecular flexibility index (Phi) is 7.23. The number of hydrogen-bond acceptors (Lipinski definition) is 1. The predicted molar refractivity (Wildman–Crippen MR) is 45.0 cm³/mol. The molecule has 0 rings (SSSR count). The minimum Gasteiger partial charge on any atom is -0.516 e. The summed E-state index contributed by atoms with van der Waals surface area (Å²) in [5.74, 6) is 0. The fraction of sp³-hybridized carbons (Fsp3) is 0.333. The SMILES string of the molecule is CC/C=C/C=C/C/C=C/O. The molecule has 0 saturated heterocycles. The Bertz CT molecular complexity index is 132. The summed E-state index contributed by atoms with van der Waals surface area (Å²) in [7, 11) is 0. The normalized spacial score (nSPS) is 12.5. The second-order valence-corrected chi connectivity index (χ2v) is 1.89. The van der Waals surface area contributed by atoms with Crippen LogP contribution in [0.5, 0.6) is 0 Å². The van der Waals surface area contributed by atoms with Gasteiger partial charge in [-0.3, -0.25) is 0 Å². The van der Waals surface area contributed by atoms with Gasteiger partial charge >= 0.3 is 0 Å². The molecule has 0 aliphatic heterocycles. The molecule has 1 N–H and O–H groups in total. The van der Waals surface area contributed by atoms with E-state index in [2.05, 4.69) is 13.0 Å². The Labute approximate surface area is 62.4 Å². The van der Waals surface area contributed by atoms with Crippen molar-refractivity contribution in [2.75, 3.05) is 0 Å². The van der Waals surface area contributed by atoms with Gasteiger partial charge in [-0.2, -0.15) is 0 Å². The summed E-state index contributed by atoms with van der Waals surface area (Å²) in [4.78, 5) is 0. The van der Waals surface area contributed by atoms with E-state index in [1.54, 1.807) is 6.08 Å². The molecule has 1 heteroatoms. The summed E-state index contributed by atoms with van der Waals surface area (Å²) < 4.78 is 0. The van der Waals surface area contributed by atoms with Crippen molar-refractivity contribution in [1.82, 2.24) is 0 Å². The molecule has 0 bridgehead atoms. The topological polar surface area (TPSA) is 20.2 Å². The van der Waals surface area contributed by atoms with Gasteiger partial charge in [0.05, 0.1) is 6.26 Å². The standard InChI is InChI=1S/C9H14O/c1-2-3-4-5-6-7-8-9-10/h3-6,8-10H,2,7H2,1H3/b4-3+,6-5+,9-8+. The first-order valence-corrected chi connectivity index (χ1v) is 3.52. The van der Waals surface area contributed by atoms with Crippen LogP contribution in [0.1, 0.15) is 19.8 Å². The minimum absolute atomic E-state index is 0.796. The van der Waals surface area contributed by atoms with Crippen molar-refractivity contribution in [1.29, 1.82) is 0 Å². The maximum atomic E-state index is 8.24. The third-order valence-electron chi connectivity index (χ3n) is 0.997. The van der Waals surface area contributed by atoms with Gasteiger partial charge in [-0.25, -0.2) is 0 Å². The average Bonchev–Trinajstić information content (AvgIpc) is 1.97. The van der Waals surface area contributed by atoms with Gasteiger partial charge in [0.25, 0.3) is 0 Å². The highest BCUT2D eigenvalue weighted by molar-refractivity contribution is 5.03. The van der Waals surface area contributed by atoms with Crippen LogP contribution in [0.3, 0.4) is 0 Å². The summed E-state index contributed by atoms with van der Waals surface area (Å²) >= 11 is 0. The molecule has 0 saturated carbocycles. The maximum Gasteiger partial charge on any atom is 0.0754 e. The van der Waals surface area contributed by atoms with Crippen LogP contribution in [-0.2, 0) is 0 Å². The zero-order valence-corrected chi connectivity index (χ0v) is 6.33. The Morgan fingerprint density at radius 3 is 2.40 bits per heavy atom. The van der Waals surface area contributed by atoms with Crippen LogP contribution < -0.4 is 0 Å². The molecule has 0 atom stereocenters. The molecule has 1 nitrogen and oxygen atoms in total. The lowest BCUT2D eigenvalue weighted by molar-refractivity contribution is 0.471. The van der Waals surface area contributed by atoms with Gasteiger partial charge in [-0.05, 0) is 18.9 Å². The fourth-order valence-electron chi connectivity index (χ4n) is 0.511. The van der Waals surface area contributed by atoms with Gasteiger partial charge in [-0.15, -0.1) is 0 Å². The summed E-state index contributed by atoms with van der Waals surface area (Å²) in [6, 6.07) is 0. The molecular formula is C9H14O. The summed E-state index contributed by atoms with van der Waals surface area (Å²) in [6.45, 7) is 2.10. The molecular weight excluding hydrogens is 124 g/mol. The van der Waals surface area contributed by atoms with Crippen molar-refractivity contribution in [2.45, 2.75) is 19.8 Å². The largest absolute Gasteiger partial charge is 0.516 e. The second kappa shape index (κ2) is 8.02. The van der Waals surface area contributed by atoms with Crippen molar-refractivity contribution in [3.63, 3.8) is 0 Å². The molecule has 0 amide bonds. The fourth-order valence-corrected chi connectivity index (χ4v) is 0.511. The molecule has 0 aliphatic carbocycles. The smallest absolute Gasteiger partial charge is 0.0754 e. The van der Waals surface area contributed by atoms with Crippen LogP contribution in [-0.4, -0.2) is 5.11 Å². The summed E-state index contributed by atoms with van der Waals surface area (Å²) in [5.41, 5.74) is 0. The third-order valence-corrected chi connectivity index (χ3v) is 0.997. The van der Waals surface area contributed by atoms with E-state index in [0.717, 1.165) is 19.1 Å². The van der Waals surface area contributed by atoms with Crippen molar-refractivity contribution in [3.8, 4) is 0 Å². The number of hydrogen-bond donors (Lipinski definition) is 1. The molecule has 0 aromatic heterocycles. The lowest BCUT2D eigenvalue weighted by Crippen LogP contribution is -1.57. The first-order chi connectivity index (χ1) is 4.91. The summed E-state index contributed by atoms with van der Waals surface area (Å²) in [6.07, 6.45) is 12.7. The average molecular weight is 138 g/mol. The van der Waals surface area contributed by atoms with Crippen molar-refractivity contribution in [2.24, 2.45) is 0 Å². The number of rotatable bonds is 4. The van der Waals surface area contributed by atoms with Crippen LogP contribution in [0.25, 0.3) is 0 Å². The molecule has 0 spiro atoms. The molecule has 0 aromatic rings. The molecule has 0 fully saturated rings. The highest BCUT2D eigenvalue weighted by Crippen LogP contribution is 1.86. The minimum atomic E-state index is 0.796. The van der Waals surface area contributed by atoms with Gasteiger partial charge < -0.3 is 5.11 Å². The van der Waals surface area contributed by atoms with E-state index in [1.807, 2.05) is 18.2 Å². The van der Waals surface area contributed by atoms with E-state index in [0.29, 0.717) is 0 Å². The third kappa shape index (κ3) is 7.02. The van der Waals surface area contributed by atoms with Crippen LogP contribution >= 0.6 is 0 Å². The van der Waals surface area contributed by atoms with E-state index in [9.17, 15) is 0 Å². The number of aliphatic hydroxyl groups excluding tert-OH is 1. The van der Waals surface area contributed by atoms with E-state index in [-0.39, 0.29) is 0 Å².